The van der Waals surface area contributed by atoms with Crippen molar-refractivity contribution >= 4 is 11.9 Å². The van der Waals surface area contributed by atoms with Crippen molar-refractivity contribution in [2.75, 3.05) is 39.8 Å². The summed E-state index contributed by atoms with van der Waals surface area (Å²) in [5.74, 6) is 1.56. The van der Waals surface area contributed by atoms with Crippen LogP contribution in [-0.2, 0) is 0 Å². The minimum atomic E-state index is -0.0499. The maximum atomic E-state index is 12.5. The van der Waals surface area contributed by atoms with Crippen LogP contribution in [0.2, 0.25) is 0 Å². The van der Waals surface area contributed by atoms with E-state index in [1.807, 2.05) is 11.9 Å². The van der Waals surface area contributed by atoms with Crippen LogP contribution in [0.3, 0.4) is 0 Å². The molecule has 1 amide bonds. The Balaban J connectivity index is 1.33. The number of carbonyl (C=O) groups is 1. The van der Waals surface area contributed by atoms with Gasteiger partial charge in [-0.25, -0.2) is 0 Å². The number of guanidine groups is 1. The number of amides is 1. The van der Waals surface area contributed by atoms with Gasteiger partial charge in [-0.05, 0) is 29.7 Å². The Morgan fingerprint density at radius 3 is 2.03 bits per heavy atom. The third-order valence-electron chi connectivity index (χ3n) is 5.93. The van der Waals surface area contributed by atoms with Crippen LogP contribution in [0.25, 0.3) is 0 Å². The molecule has 0 saturated carbocycles. The minimum Gasteiger partial charge on any atom is -0.459 e. The molecule has 0 aliphatic carbocycles. The fourth-order valence-electron chi connectivity index (χ4n) is 4.23. The van der Waals surface area contributed by atoms with Crippen molar-refractivity contribution in [2.24, 2.45) is 4.99 Å². The number of furan rings is 1. The van der Waals surface area contributed by atoms with E-state index in [9.17, 15) is 4.79 Å². The normalized spacial score (nSPS) is 14.6. The quantitative estimate of drug-likeness (QED) is 0.477. The second kappa shape index (κ2) is 10.7. The molecule has 1 aromatic heterocycles. The van der Waals surface area contributed by atoms with Crippen LogP contribution in [0.4, 0.5) is 0 Å². The van der Waals surface area contributed by atoms with Crippen molar-refractivity contribution in [1.29, 1.82) is 0 Å². The SMILES string of the molecule is CN=C(NCCC(c1ccccc1)c1ccccc1)N1CCN(C(=O)c2ccco2)CC1. The first kappa shape index (κ1) is 21.7. The Morgan fingerprint density at radius 2 is 1.50 bits per heavy atom. The second-order valence-corrected chi connectivity index (χ2v) is 7.89. The van der Waals surface area contributed by atoms with E-state index in [-0.39, 0.29) is 5.91 Å². The van der Waals surface area contributed by atoms with E-state index in [1.54, 1.807) is 12.1 Å². The van der Waals surface area contributed by atoms with Gasteiger partial charge in [0.25, 0.3) is 5.91 Å². The van der Waals surface area contributed by atoms with Crippen molar-refractivity contribution in [1.82, 2.24) is 15.1 Å². The van der Waals surface area contributed by atoms with E-state index in [0.717, 1.165) is 32.0 Å². The van der Waals surface area contributed by atoms with Crippen LogP contribution in [-0.4, -0.2) is 61.4 Å². The van der Waals surface area contributed by atoms with Crippen LogP contribution < -0.4 is 5.32 Å². The molecule has 6 heteroatoms. The number of benzene rings is 2. The van der Waals surface area contributed by atoms with Crippen molar-refractivity contribution in [3.8, 4) is 0 Å². The predicted molar refractivity (Wildman–Crippen MR) is 127 cm³/mol. The summed E-state index contributed by atoms with van der Waals surface area (Å²) in [6.07, 6.45) is 2.50. The Bertz CT molecular complexity index is 955. The molecular weight excluding hydrogens is 400 g/mol. The molecule has 0 spiro atoms. The smallest absolute Gasteiger partial charge is 0.289 e. The largest absolute Gasteiger partial charge is 0.459 e. The second-order valence-electron chi connectivity index (χ2n) is 7.89. The van der Waals surface area contributed by atoms with Gasteiger partial charge >= 0.3 is 0 Å². The molecule has 4 rings (SSSR count). The van der Waals surface area contributed by atoms with Crippen LogP contribution in [0.5, 0.6) is 0 Å². The van der Waals surface area contributed by atoms with Gasteiger partial charge in [-0.3, -0.25) is 9.79 Å². The maximum absolute atomic E-state index is 12.5. The van der Waals surface area contributed by atoms with Crippen LogP contribution in [0.15, 0.2) is 88.5 Å². The molecule has 32 heavy (non-hydrogen) atoms. The number of nitrogens with zero attached hydrogens (tertiary/aromatic N) is 3. The Morgan fingerprint density at radius 1 is 0.906 bits per heavy atom. The Hall–Kier alpha value is -3.54. The average molecular weight is 431 g/mol. The highest BCUT2D eigenvalue weighted by molar-refractivity contribution is 5.91. The Kier molecular flexibility index (Phi) is 7.23. The number of piperazine rings is 1. The number of hydrogen-bond donors (Lipinski definition) is 1. The summed E-state index contributed by atoms with van der Waals surface area (Å²) in [4.78, 5) is 21.0. The summed E-state index contributed by atoms with van der Waals surface area (Å²) in [6.45, 7) is 3.60. The molecule has 2 heterocycles. The lowest BCUT2D eigenvalue weighted by atomic mass is 9.88. The first-order chi connectivity index (χ1) is 15.8. The monoisotopic (exact) mass is 430 g/mol. The molecule has 1 aliphatic heterocycles. The van der Waals surface area contributed by atoms with E-state index >= 15 is 0 Å². The van der Waals surface area contributed by atoms with Crippen LogP contribution in [0.1, 0.15) is 34.0 Å². The number of nitrogens with one attached hydrogen (secondary N) is 1. The van der Waals surface area contributed by atoms with E-state index < -0.39 is 0 Å². The van der Waals surface area contributed by atoms with Gasteiger partial charge in [0.05, 0.1) is 6.26 Å². The standard InChI is InChI=1S/C26H30N4O2/c1-27-26(30-18-16-29(17-19-30)25(31)24-13-8-20-32-24)28-15-14-23(21-9-4-2-5-10-21)22-11-6-3-7-12-22/h2-13,20,23H,14-19H2,1H3,(H,27,28). The lowest BCUT2D eigenvalue weighted by molar-refractivity contribution is 0.0657. The zero-order valence-corrected chi connectivity index (χ0v) is 18.5. The maximum Gasteiger partial charge on any atom is 0.289 e. The van der Waals surface area contributed by atoms with Crippen molar-refractivity contribution < 1.29 is 9.21 Å². The fraction of sp³-hybridized carbons (Fsp3) is 0.308. The molecule has 166 valence electrons. The van der Waals surface area contributed by atoms with Gasteiger partial charge < -0.3 is 19.5 Å². The lowest BCUT2D eigenvalue weighted by Gasteiger charge is -2.36. The Labute approximate surface area is 189 Å². The molecule has 0 radical (unpaired) electrons. The molecule has 3 aromatic rings. The summed E-state index contributed by atoms with van der Waals surface area (Å²) in [7, 11) is 1.81. The van der Waals surface area contributed by atoms with Gasteiger partial charge in [-0.15, -0.1) is 0 Å². The summed E-state index contributed by atoms with van der Waals surface area (Å²) >= 11 is 0. The molecule has 1 fully saturated rings. The molecule has 1 saturated heterocycles. The lowest BCUT2D eigenvalue weighted by Crippen LogP contribution is -2.53. The van der Waals surface area contributed by atoms with Crippen LogP contribution in [0, 0.1) is 0 Å². The highest BCUT2D eigenvalue weighted by Gasteiger charge is 2.25. The topological polar surface area (TPSA) is 61.1 Å². The summed E-state index contributed by atoms with van der Waals surface area (Å²) in [5.41, 5.74) is 2.64. The first-order valence-corrected chi connectivity index (χ1v) is 11.1. The zero-order valence-electron chi connectivity index (χ0n) is 18.5. The summed E-state index contributed by atoms with van der Waals surface area (Å²) in [6, 6.07) is 24.7. The van der Waals surface area contributed by atoms with E-state index in [2.05, 4.69) is 75.9 Å². The number of aliphatic imine (C=N–C) groups is 1. The van der Waals surface area contributed by atoms with E-state index in [1.165, 1.54) is 17.4 Å². The third-order valence-corrected chi connectivity index (χ3v) is 5.93. The van der Waals surface area contributed by atoms with Gasteiger partial charge in [0.15, 0.2) is 11.7 Å². The highest BCUT2D eigenvalue weighted by Crippen LogP contribution is 2.27. The van der Waals surface area contributed by atoms with Crippen molar-refractivity contribution in [2.45, 2.75) is 12.3 Å². The average Bonchev–Trinajstić information content (AvgIpc) is 3.40. The van der Waals surface area contributed by atoms with Gasteiger partial charge in [-0.1, -0.05) is 60.7 Å². The zero-order chi connectivity index (χ0) is 22.2. The molecular formula is C26H30N4O2. The van der Waals surface area contributed by atoms with E-state index in [0.29, 0.717) is 24.8 Å². The van der Waals surface area contributed by atoms with Gasteiger partial charge in [-0.2, -0.15) is 0 Å². The van der Waals surface area contributed by atoms with Gasteiger partial charge in [0.1, 0.15) is 0 Å². The number of hydrogen-bond acceptors (Lipinski definition) is 3. The van der Waals surface area contributed by atoms with Crippen molar-refractivity contribution in [3.63, 3.8) is 0 Å². The number of rotatable bonds is 6. The summed E-state index contributed by atoms with van der Waals surface area (Å²) in [5, 5.41) is 3.53. The molecule has 1 N–H and O–H groups in total. The van der Waals surface area contributed by atoms with Crippen LogP contribution >= 0.6 is 0 Å². The highest BCUT2D eigenvalue weighted by atomic mass is 16.3. The minimum absolute atomic E-state index is 0.0499. The molecule has 0 atom stereocenters. The first-order valence-electron chi connectivity index (χ1n) is 11.1. The van der Waals surface area contributed by atoms with Gasteiger partial charge in [0, 0.05) is 45.7 Å². The van der Waals surface area contributed by atoms with E-state index in [4.69, 9.17) is 4.42 Å². The fourth-order valence-corrected chi connectivity index (χ4v) is 4.23. The van der Waals surface area contributed by atoms with Crippen molar-refractivity contribution in [3.05, 3.63) is 95.9 Å². The number of carbonyl (C=O) groups excluding carboxylic acids is 1. The molecule has 1 aliphatic rings. The molecule has 2 aromatic carbocycles. The molecule has 0 bridgehead atoms. The third kappa shape index (κ3) is 5.19. The summed E-state index contributed by atoms with van der Waals surface area (Å²) < 4.78 is 5.25. The predicted octanol–water partition coefficient (Wildman–Crippen LogP) is 3.84. The molecule has 0 unspecified atom stereocenters. The molecule has 6 nitrogen and oxygen atoms in total. The van der Waals surface area contributed by atoms with Gasteiger partial charge in [0.2, 0.25) is 0 Å².